The van der Waals surface area contributed by atoms with Crippen molar-refractivity contribution in [3.05, 3.63) is 35.5 Å². The molecule has 0 aliphatic carbocycles. The largest absolute Gasteiger partial charge is 0.466 e. The van der Waals surface area contributed by atoms with Gasteiger partial charge in [-0.05, 0) is 25.1 Å². The van der Waals surface area contributed by atoms with Gasteiger partial charge in [0.1, 0.15) is 5.70 Å². The number of aliphatic hydroxyl groups is 1. The highest BCUT2D eigenvalue weighted by atomic mass is 16.5. The van der Waals surface area contributed by atoms with E-state index < -0.39 is 18.0 Å². The molecule has 0 fully saturated rings. The normalized spacial score (nSPS) is 13.7. The predicted molar refractivity (Wildman–Crippen MR) is 93.4 cm³/mol. The lowest BCUT2D eigenvalue weighted by Crippen LogP contribution is -2.31. The molecule has 0 bridgehead atoms. The third kappa shape index (κ3) is 4.51. The molecule has 0 radical (unpaired) electrons. The molecule has 2 amide bonds. The van der Waals surface area contributed by atoms with Crippen LogP contribution < -0.4 is 10.6 Å². The molecule has 1 aliphatic rings. The zero-order chi connectivity index (χ0) is 19.1. The van der Waals surface area contributed by atoms with E-state index in [9.17, 15) is 14.4 Å². The Morgan fingerprint density at radius 3 is 2.69 bits per heavy atom. The summed E-state index contributed by atoms with van der Waals surface area (Å²) in [4.78, 5) is 37.3. The van der Waals surface area contributed by atoms with Crippen LogP contribution in [0.15, 0.2) is 35.5 Å². The van der Waals surface area contributed by atoms with Gasteiger partial charge in [0.05, 0.1) is 32.4 Å². The van der Waals surface area contributed by atoms with E-state index in [1.54, 1.807) is 31.2 Å². The van der Waals surface area contributed by atoms with Crippen molar-refractivity contribution in [3.8, 4) is 0 Å². The van der Waals surface area contributed by atoms with E-state index in [1.165, 1.54) is 12.0 Å². The summed E-state index contributed by atoms with van der Waals surface area (Å²) in [5.41, 5.74) is 1.22. The van der Waals surface area contributed by atoms with Gasteiger partial charge in [0.15, 0.2) is 0 Å². The first-order valence-electron chi connectivity index (χ1n) is 8.02. The number of nitrogens with zero attached hydrogens (tertiary/aromatic N) is 1. The lowest BCUT2D eigenvalue weighted by Gasteiger charge is -2.15. The molecule has 1 aliphatic heterocycles. The van der Waals surface area contributed by atoms with Gasteiger partial charge in [0.25, 0.3) is 5.91 Å². The Hall–Kier alpha value is -3.07. The van der Waals surface area contributed by atoms with Crippen LogP contribution in [0.25, 0.3) is 0 Å². The molecular weight excluding hydrogens is 342 g/mol. The topological polar surface area (TPSA) is 117 Å². The molecule has 1 aromatic rings. The summed E-state index contributed by atoms with van der Waals surface area (Å²) in [5.74, 6) is -1.04. The molecule has 0 spiro atoms. The zero-order valence-corrected chi connectivity index (χ0v) is 14.6. The highest BCUT2D eigenvalue weighted by Crippen LogP contribution is 2.24. The number of nitrogens with one attached hydrogen (secondary N) is 2. The number of esters is 1. The first-order valence-corrected chi connectivity index (χ1v) is 8.02. The number of carbonyl (C=O) groups is 3. The Morgan fingerprint density at radius 2 is 2.04 bits per heavy atom. The van der Waals surface area contributed by atoms with Crippen molar-refractivity contribution >= 4 is 29.3 Å². The summed E-state index contributed by atoms with van der Waals surface area (Å²) in [7, 11) is 1.23. The number of β-amino-alcohol motifs (C(OH)–C–C–N with tert-alkyl or cyclic N) is 1. The minimum atomic E-state index is -0.623. The first kappa shape index (κ1) is 19.3. The van der Waals surface area contributed by atoms with Crippen LogP contribution in [0.1, 0.15) is 6.92 Å². The Kier molecular flexibility index (Phi) is 6.56. The second-order valence-corrected chi connectivity index (χ2v) is 5.35. The van der Waals surface area contributed by atoms with E-state index >= 15 is 0 Å². The molecule has 9 heteroatoms. The summed E-state index contributed by atoms with van der Waals surface area (Å²) in [5, 5.41) is 14.5. The van der Waals surface area contributed by atoms with Crippen molar-refractivity contribution in [2.24, 2.45) is 0 Å². The molecule has 1 heterocycles. The number of benzene rings is 1. The average Bonchev–Trinajstić information content (AvgIpc) is 2.91. The van der Waals surface area contributed by atoms with Gasteiger partial charge in [-0.25, -0.2) is 9.59 Å². The summed E-state index contributed by atoms with van der Waals surface area (Å²) in [6.45, 7) is 1.88. The van der Waals surface area contributed by atoms with Crippen molar-refractivity contribution in [3.63, 3.8) is 0 Å². The maximum absolute atomic E-state index is 12.5. The van der Waals surface area contributed by atoms with E-state index in [1.807, 2.05) is 0 Å². The van der Waals surface area contributed by atoms with Crippen LogP contribution in [-0.4, -0.2) is 61.4 Å². The maximum atomic E-state index is 12.5. The molecule has 140 valence electrons. The molecule has 0 aromatic heterocycles. The van der Waals surface area contributed by atoms with Gasteiger partial charge >= 0.3 is 12.1 Å². The number of rotatable bonds is 7. The Bertz CT molecular complexity index is 731. The Morgan fingerprint density at radius 1 is 1.31 bits per heavy atom. The van der Waals surface area contributed by atoms with Crippen molar-refractivity contribution in [2.45, 2.75) is 6.92 Å². The second-order valence-electron chi connectivity index (χ2n) is 5.35. The van der Waals surface area contributed by atoms with Crippen LogP contribution in [0.2, 0.25) is 0 Å². The molecular formula is C17H21N3O6. The van der Waals surface area contributed by atoms with Gasteiger partial charge in [0, 0.05) is 17.9 Å². The fourth-order valence-corrected chi connectivity index (χ4v) is 2.45. The number of amides is 2. The number of aliphatic hydroxyl groups excluding tert-OH is 1. The van der Waals surface area contributed by atoms with Crippen molar-refractivity contribution in [1.29, 1.82) is 0 Å². The molecule has 0 atom stereocenters. The van der Waals surface area contributed by atoms with Crippen LogP contribution in [0.3, 0.4) is 0 Å². The molecule has 26 heavy (non-hydrogen) atoms. The minimum Gasteiger partial charge on any atom is -0.466 e. The Labute approximate surface area is 150 Å². The highest BCUT2D eigenvalue weighted by Gasteiger charge is 2.34. The molecule has 1 aromatic carbocycles. The number of methoxy groups -OCH3 is 1. The predicted octanol–water partition coefficient (Wildman–Crippen LogP) is 0.928. The highest BCUT2D eigenvalue weighted by molar-refractivity contribution is 6.08. The lowest BCUT2D eigenvalue weighted by atomic mass is 10.2. The van der Waals surface area contributed by atoms with Gasteiger partial charge < -0.3 is 24.8 Å². The van der Waals surface area contributed by atoms with E-state index in [0.717, 1.165) is 0 Å². The van der Waals surface area contributed by atoms with Gasteiger partial charge in [-0.15, -0.1) is 0 Å². The smallest absolute Gasteiger partial charge is 0.411 e. The molecule has 0 saturated heterocycles. The molecule has 3 N–H and O–H groups in total. The third-order valence-corrected chi connectivity index (χ3v) is 3.61. The van der Waals surface area contributed by atoms with E-state index in [4.69, 9.17) is 14.6 Å². The summed E-state index contributed by atoms with van der Waals surface area (Å²) in [6.07, 6.45) is -0.592. The van der Waals surface area contributed by atoms with Crippen LogP contribution >= 0.6 is 0 Å². The monoisotopic (exact) mass is 363 g/mol. The second kappa shape index (κ2) is 8.86. The minimum absolute atomic E-state index is 0.0508. The number of hydrogen-bond donors (Lipinski definition) is 3. The van der Waals surface area contributed by atoms with Crippen molar-refractivity contribution in [1.82, 2.24) is 4.90 Å². The SMILES string of the molecule is CCOC(=O)Nc1cccc(NC2=C(C(=O)OC)CN(CCO)C2=O)c1. The molecule has 0 saturated carbocycles. The molecule has 2 rings (SSSR count). The Balaban J connectivity index is 2.22. The first-order chi connectivity index (χ1) is 12.5. The van der Waals surface area contributed by atoms with Gasteiger partial charge in [-0.3, -0.25) is 10.1 Å². The summed E-state index contributed by atoms with van der Waals surface area (Å²) >= 11 is 0. The maximum Gasteiger partial charge on any atom is 0.411 e. The van der Waals surface area contributed by atoms with Gasteiger partial charge in [-0.1, -0.05) is 6.07 Å². The average molecular weight is 363 g/mol. The van der Waals surface area contributed by atoms with E-state index in [0.29, 0.717) is 11.4 Å². The molecule has 9 nitrogen and oxygen atoms in total. The summed E-state index contributed by atoms with van der Waals surface area (Å²) in [6, 6.07) is 6.61. The van der Waals surface area contributed by atoms with Gasteiger partial charge in [-0.2, -0.15) is 0 Å². The lowest BCUT2D eigenvalue weighted by molar-refractivity contribution is -0.136. The van der Waals surface area contributed by atoms with E-state index in [-0.39, 0.29) is 37.6 Å². The van der Waals surface area contributed by atoms with Crippen LogP contribution in [-0.2, 0) is 19.1 Å². The quantitative estimate of drug-likeness (QED) is 0.617. The van der Waals surface area contributed by atoms with Crippen molar-refractivity contribution in [2.75, 3.05) is 44.0 Å². The van der Waals surface area contributed by atoms with Crippen LogP contribution in [0.4, 0.5) is 16.2 Å². The van der Waals surface area contributed by atoms with Gasteiger partial charge in [0.2, 0.25) is 0 Å². The molecule has 0 unspecified atom stereocenters. The fourth-order valence-electron chi connectivity index (χ4n) is 2.45. The number of hydrogen-bond acceptors (Lipinski definition) is 7. The van der Waals surface area contributed by atoms with Crippen LogP contribution in [0, 0.1) is 0 Å². The summed E-state index contributed by atoms with van der Waals surface area (Å²) < 4.78 is 9.54. The number of ether oxygens (including phenoxy) is 2. The van der Waals surface area contributed by atoms with E-state index in [2.05, 4.69) is 10.6 Å². The third-order valence-electron chi connectivity index (χ3n) is 3.61. The standard InChI is InChI=1S/C17H21N3O6/c1-3-26-17(24)19-12-6-4-5-11(9-12)18-14-13(16(23)25-2)10-20(7-8-21)15(14)22/h4-6,9,18,21H,3,7-8,10H2,1-2H3,(H,19,24). The number of anilines is 2. The van der Waals surface area contributed by atoms with Crippen LogP contribution in [0.5, 0.6) is 0 Å². The zero-order valence-electron chi connectivity index (χ0n) is 14.6. The van der Waals surface area contributed by atoms with Crippen molar-refractivity contribution < 1.29 is 29.0 Å². The number of carbonyl (C=O) groups excluding carboxylic acids is 3. The fraction of sp³-hybridized carbons (Fsp3) is 0.353.